The van der Waals surface area contributed by atoms with Crippen molar-refractivity contribution in [2.45, 2.75) is 58.0 Å². The molecule has 0 amide bonds. The molecule has 0 bridgehead atoms. The summed E-state index contributed by atoms with van der Waals surface area (Å²) in [4.78, 5) is 24.2. The number of Topliss-reactive ketones (excluding diaryl/α,β-unsaturated/α-hetero) is 2. The van der Waals surface area contributed by atoms with E-state index in [9.17, 15) is 14.7 Å². The topological polar surface area (TPSA) is 54.4 Å². The normalized spacial score (nSPS) is 14.7. The number of ketones is 2. The highest BCUT2D eigenvalue weighted by molar-refractivity contribution is 6.01. The summed E-state index contributed by atoms with van der Waals surface area (Å²) < 4.78 is 0. The van der Waals surface area contributed by atoms with Gasteiger partial charge in [0.25, 0.3) is 0 Å². The second-order valence-corrected chi connectivity index (χ2v) is 7.59. The first-order chi connectivity index (χ1) is 13.1. The fourth-order valence-corrected chi connectivity index (χ4v) is 3.94. The number of carbonyl (C=O) groups is 2. The van der Waals surface area contributed by atoms with Crippen LogP contribution in [-0.2, 0) is 12.8 Å². The molecule has 3 nitrogen and oxygen atoms in total. The van der Waals surface area contributed by atoms with E-state index in [2.05, 4.69) is 24.3 Å². The zero-order valence-electron chi connectivity index (χ0n) is 16.0. The summed E-state index contributed by atoms with van der Waals surface area (Å²) >= 11 is 0. The Bertz CT molecular complexity index is 784. The first kappa shape index (κ1) is 19.5. The smallest absolute Gasteiger partial charge is 0.162 e. The van der Waals surface area contributed by atoms with E-state index in [-0.39, 0.29) is 11.6 Å². The molecule has 2 aromatic rings. The first-order valence-corrected chi connectivity index (χ1v) is 9.98. The first-order valence-electron chi connectivity index (χ1n) is 9.98. The zero-order valence-corrected chi connectivity index (χ0v) is 16.0. The van der Waals surface area contributed by atoms with Gasteiger partial charge in [-0.15, -0.1) is 0 Å². The van der Waals surface area contributed by atoms with Crippen molar-refractivity contribution in [2.24, 2.45) is 5.92 Å². The molecule has 0 fully saturated rings. The lowest BCUT2D eigenvalue weighted by atomic mass is 9.95. The van der Waals surface area contributed by atoms with Gasteiger partial charge in [-0.05, 0) is 55.2 Å². The Kier molecular flexibility index (Phi) is 6.57. The summed E-state index contributed by atoms with van der Waals surface area (Å²) in [5, 5.41) is 10.3. The summed E-state index contributed by atoms with van der Waals surface area (Å²) in [5.74, 6) is 0.639. The Morgan fingerprint density at radius 3 is 2.22 bits per heavy atom. The van der Waals surface area contributed by atoms with E-state index in [1.807, 2.05) is 6.92 Å². The number of aliphatic hydroxyl groups excluding tert-OH is 1. The van der Waals surface area contributed by atoms with Gasteiger partial charge in [-0.3, -0.25) is 9.59 Å². The van der Waals surface area contributed by atoms with Gasteiger partial charge in [-0.2, -0.15) is 0 Å². The molecule has 0 saturated heterocycles. The number of aliphatic hydroxyl groups is 1. The highest BCUT2D eigenvalue weighted by atomic mass is 16.3. The van der Waals surface area contributed by atoms with Gasteiger partial charge in [0.2, 0.25) is 0 Å². The zero-order chi connectivity index (χ0) is 19.2. The lowest BCUT2D eigenvalue weighted by Crippen LogP contribution is -2.13. The fourth-order valence-electron chi connectivity index (χ4n) is 3.94. The van der Waals surface area contributed by atoms with Crippen LogP contribution in [-0.4, -0.2) is 22.8 Å². The van der Waals surface area contributed by atoms with E-state index >= 15 is 0 Å². The molecule has 0 saturated carbocycles. The van der Waals surface area contributed by atoms with Crippen LogP contribution in [0.3, 0.4) is 0 Å². The summed E-state index contributed by atoms with van der Waals surface area (Å²) in [5.41, 5.74) is 4.03. The van der Waals surface area contributed by atoms with Gasteiger partial charge in [-0.25, -0.2) is 0 Å². The van der Waals surface area contributed by atoms with Crippen LogP contribution in [0.2, 0.25) is 0 Å². The second-order valence-electron chi connectivity index (χ2n) is 7.59. The number of hydrogen-bond acceptors (Lipinski definition) is 3. The summed E-state index contributed by atoms with van der Waals surface area (Å²) in [7, 11) is 0. The highest BCUT2D eigenvalue weighted by Crippen LogP contribution is 2.30. The van der Waals surface area contributed by atoms with Crippen LogP contribution in [0.1, 0.15) is 70.9 Å². The maximum atomic E-state index is 12.4. The quantitative estimate of drug-likeness (QED) is 0.650. The van der Waals surface area contributed by atoms with Gasteiger partial charge >= 0.3 is 0 Å². The van der Waals surface area contributed by atoms with Crippen molar-refractivity contribution in [3.63, 3.8) is 0 Å². The van der Waals surface area contributed by atoms with E-state index in [1.54, 1.807) is 24.3 Å². The van der Waals surface area contributed by atoms with Crippen LogP contribution < -0.4 is 0 Å². The van der Waals surface area contributed by atoms with Crippen LogP contribution in [0.15, 0.2) is 48.5 Å². The van der Waals surface area contributed by atoms with Gasteiger partial charge in [0.1, 0.15) is 0 Å². The number of rotatable bonds is 9. The average Bonchev–Trinajstić information content (AvgIpc) is 3.13. The summed E-state index contributed by atoms with van der Waals surface area (Å²) in [6.45, 7) is 1.82. The van der Waals surface area contributed by atoms with E-state index in [0.29, 0.717) is 36.3 Å². The van der Waals surface area contributed by atoms with E-state index in [4.69, 9.17) is 0 Å². The van der Waals surface area contributed by atoms with Gasteiger partial charge in [0.15, 0.2) is 11.6 Å². The minimum absolute atomic E-state index is 0.00641. The maximum Gasteiger partial charge on any atom is 0.162 e. The molecular formula is C24H28O3. The molecule has 1 atom stereocenters. The fraction of sp³-hybridized carbons (Fsp3) is 0.417. The van der Waals surface area contributed by atoms with E-state index in [0.717, 1.165) is 25.7 Å². The third kappa shape index (κ3) is 5.14. The van der Waals surface area contributed by atoms with Crippen LogP contribution in [0.25, 0.3) is 0 Å². The Morgan fingerprint density at radius 2 is 1.59 bits per heavy atom. The Labute approximate surface area is 161 Å². The van der Waals surface area contributed by atoms with Gasteiger partial charge < -0.3 is 5.11 Å². The number of benzene rings is 2. The second kappa shape index (κ2) is 9.09. The largest absolute Gasteiger partial charge is 0.393 e. The predicted molar refractivity (Wildman–Crippen MR) is 107 cm³/mol. The molecule has 3 rings (SSSR count). The molecule has 0 radical (unpaired) electrons. The van der Waals surface area contributed by atoms with E-state index < -0.39 is 6.10 Å². The van der Waals surface area contributed by atoms with Crippen molar-refractivity contribution in [1.82, 2.24) is 0 Å². The molecule has 2 aromatic carbocycles. The Hall–Kier alpha value is -2.26. The molecule has 0 heterocycles. The monoisotopic (exact) mass is 364 g/mol. The molecule has 1 aliphatic carbocycles. The molecule has 0 unspecified atom stereocenters. The van der Waals surface area contributed by atoms with Crippen molar-refractivity contribution in [3.05, 3.63) is 70.8 Å². The SMILES string of the molecule is CCC(=O)c1cccc(C(=O)CC[C@@H](O)CCC2Cc3ccccc3C2)c1. The maximum absolute atomic E-state index is 12.4. The molecule has 1 aliphatic rings. The van der Waals surface area contributed by atoms with Crippen LogP contribution in [0, 0.1) is 5.92 Å². The third-order valence-electron chi connectivity index (χ3n) is 5.58. The number of hydrogen-bond donors (Lipinski definition) is 1. The average molecular weight is 364 g/mol. The van der Waals surface area contributed by atoms with Crippen molar-refractivity contribution >= 4 is 11.6 Å². The Morgan fingerprint density at radius 1 is 0.963 bits per heavy atom. The standard InChI is InChI=1S/C24H28O3/c1-2-23(26)20-8-5-9-21(16-20)24(27)13-12-22(25)11-10-17-14-18-6-3-4-7-19(18)15-17/h3-9,16-17,22,25H,2,10-15H2,1H3/t22-/m0/s1. The molecular weight excluding hydrogens is 336 g/mol. The van der Waals surface area contributed by atoms with Crippen LogP contribution in [0.5, 0.6) is 0 Å². The predicted octanol–water partition coefficient (Wildman–Crippen LogP) is 4.80. The molecule has 142 valence electrons. The highest BCUT2D eigenvalue weighted by Gasteiger charge is 2.21. The molecule has 1 N–H and O–H groups in total. The van der Waals surface area contributed by atoms with Gasteiger partial charge in [0, 0.05) is 24.0 Å². The molecule has 3 heteroatoms. The van der Waals surface area contributed by atoms with Crippen LogP contribution in [0.4, 0.5) is 0 Å². The minimum atomic E-state index is -0.446. The van der Waals surface area contributed by atoms with Crippen molar-refractivity contribution in [1.29, 1.82) is 0 Å². The van der Waals surface area contributed by atoms with Gasteiger partial charge in [0.05, 0.1) is 6.10 Å². The Balaban J connectivity index is 1.43. The minimum Gasteiger partial charge on any atom is -0.393 e. The third-order valence-corrected chi connectivity index (χ3v) is 5.58. The molecule has 27 heavy (non-hydrogen) atoms. The summed E-state index contributed by atoms with van der Waals surface area (Å²) in [6, 6.07) is 15.5. The lowest BCUT2D eigenvalue weighted by Gasteiger charge is -2.13. The number of carbonyl (C=O) groups excluding carboxylic acids is 2. The summed E-state index contributed by atoms with van der Waals surface area (Å²) in [6.07, 6.45) is 4.70. The lowest BCUT2D eigenvalue weighted by molar-refractivity contribution is 0.0927. The van der Waals surface area contributed by atoms with E-state index in [1.165, 1.54) is 11.1 Å². The van der Waals surface area contributed by atoms with Crippen molar-refractivity contribution in [2.75, 3.05) is 0 Å². The number of fused-ring (bicyclic) bond motifs is 1. The van der Waals surface area contributed by atoms with Crippen LogP contribution >= 0.6 is 0 Å². The molecule has 0 aliphatic heterocycles. The van der Waals surface area contributed by atoms with Crippen molar-refractivity contribution < 1.29 is 14.7 Å². The molecule has 0 aromatic heterocycles. The molecule has 0 spiro atoms. The van der Waals surface area contributed by atoms with Crippen molar-refractivity contribution in [3.8, 4) is 0 Å². The van der Waals surface area contributed by atoms with Gasteiger partial charge in [-0.1, -0.05) is 49.4 Å².